The molecule has 0 bridgehead atoms. The largest absolute Gasteiger partial charge is 0.324 e. The van der Waals surface area contributed by atoms with Gasteiger partial charge in [0.15, 0.2) is 0 Å². The van der Waals surface area contributed by atoms with Crippen LogP contribution in [-0.2, 0) is 10.0 Å². The summed E-state index contributed by atoms with van der Waals surface area (Å²) in [7, 11) is -3.46. The maximum atomic E-state index is 12.3. The Kier molecular flexibility index (Phi) is 6.17. The van der Waals surface area contributed by atoms with E-state index in [1.165, 1.54) is 0 Å². The average molecular weight is 298 g/mol. The normalized spacial score (nSPS) is 15.3. The maximum absolute atomic E-state index is 12.3. The first-order valence-electron chi connectivity index (χ1n) is 7.19. The van der Waals surface area contributed by atoms with E-state index in [2.05, 4.69) is 18.6 Å². The molecule has 0 aromatic heterocycles. The molecule has 0 amide bonds. The summed E-state index contributed by atoms with van der Waals surface area (Å²) in [5, 5.41) is 0. The predicted molar refractivity (Wildman–Crippen MR) is 82.9 cm³/mol. The lowest BCUT2D eigenvalue weighted by atomic mass is 9.96. The Morgan fingerprint density at radius 1 is 1.10 bits per heavy atom. The summed E-state index contributed by atoms with van der Waals surface area (Å²) in [6, 6.07) is 6.59. The lowest BCUT2D eigenvalue weighted by Gasteiger charge is -2.22. The first-order chi connectivity index (χ1) is 9.31. The predicted octanol–water partition coefficient (Wildman–Crippen LogP) is 2.81. The zero-order chi connectivity index (χ0) is 15.3. The van der Waals surface area contributed by atoms with Gasteiger partial charge in [-0.05, 0) is 37.5 Å². The van der Waals surface area contributed by atoms with Gasteiger partial charge in [-0.25, -0.2) is 13.1 Å². The van der Waals surface area contributed by atoms with Crippen molar-refractivity contribution >= 4 is 10.0 Å². The lowest BCUT2D eigenvalue weighted by molar-refractivity contribution is 0.391. The van der Waals surface area contributed by atoms with Crippen LogP contribution in [-0.4, -0.2) is 14.5 Å². The highest BCUT2D eigenvalue weighted by Crippen LogP contribution is 2.18. The number of nitrogens with one attached hydrogen (secondary N) is 1. The molecule has 4 nitrogen and oxygen atoms in total. The molecule has 20 heavy (non-hydrogen) atoms. The van der Waals surface area contributed by atoms with E-state index in [0.717, 1.165) is 18.4 Å². The molecular formula is C15H26N2O2S. The molecule has 5 heteroatoms. The van der Waals surface area contributed by atoms with Gasteiger partial charge in [-0.2, -0.15) is 0 Å². The molecule has 3 N–H and O–H groups in total. The number of benzene rings is 1. The molecule has 0 heterocycles. The molecule has 0 radical (unpaired) electrons. The van der Waals surface area contributed by atoms with Crippen molar-refractivity contribution in [3.05, 3.63) is 29.8 Å². The Morgan fingerprint density at radius 2 is 1.60 bits per heavy atom. The molecule has 1 aromatic carbocycles. The molecule has 0 spiro atoms. The smallest absolute Gasteiger partial charge is 0.240 e. The minimum absolute atomic E-state index is 0.0666. The summed E-state index contributed by atoms with van der Waals surface area (Å²) in [5.74, 6) is 0.355. The van der Waals surface area contributed by atoms with Crippen molar-refractivity contribution in [2.75, 3.05) is 0 Å². The molecule has 114 valence electrons. The van der Waals surface area contributed by atoms with Crippen LogP contribution in [0.15, 0.2) is 29.2 Å². The van der Waals surface area contributed by atoms with E-state index in [-0.39, 0.29) is 12.1 Å². The topological polar surface area (TPSA) is 72.2 Å². The Balaban J connectivity index is 2.88. The van der Waals surface area contributed by atoms with Crippen LogP contribution >= 0.6 is 0 Å². The minimum atomic E-state index is -3.46. The summed E-state index contributed by atoms with van der Waals surface area (Å²) < 4.78 is 27.4. The molecule has 0 fully saturated rings. The first-order valence-corrected chi connectivity index (χ1v) is 8.68. The lowest BCUT2D eigenvalue weighted by Crippen LogP contribution is -2.37. The van der Waals surface area contributed by atoms with Gasteiger partial charge < -0.3 is 5.73 Å². The van der Waals surface area contributed by atoms with E-state index in [0.29, 0.717) is 10.8 Å². The highest BCUT2D eigenvalue weighted by Gasteiger charge is 2.21. The van der Waals surface area contributed by atoms with Crippen LogP contribution in [0.25, 0.3) is 0 Å². The van der Waals surface area contributed by atoms with Crippen molar-refractivity contribution in [2.24, 2.45) is 11.7 Å². The summed E-state index contributed by atoms with van der Waals surface area (Å²) in [5.41, 5.74) is 6.69. The molecule has 2 atom stereocenters. The van der Waals surface area contributed by atoms with Crippen molar-refractivity contribution in [2.45, 2.75) is 57.5 Å². The third-order valence-electron chi connectivity index (χ3n) is 3.81. The molecule has 0 saturated heterocycles. The van der Waals surface area contributed by atoms with Crippen LogP contribution in [0, 0.1) is 5.92 Å². The first kappa shape index (κ1) is 17.1. The third kappa shape index (κ3) is 4.30. The quantitative estimate of drug-likeness (QED) is 0.813. The second-order valence-electron chi connectivity index (χ2n) is 5.34. The van der Waals surface area contributed by atoms with Gasteiger partial charge >= 0.3 is 0 Å². The molecule has 0 aliphatic carbocycles. The zero-order valence-electron chi connectivity index (χ0n) is 12.8. The molecule has 0 aliphatic heterocycles. The van der Waals surface area contributed by atoms with Gasteiger partial charge in [-0.1, -0.05) is 38.8 Å². The standard InChI is InChI=1S/C15H26N2O2S/c1-5-13(6-2)12(4)17-20(18,19)15-9-7-14(8-10-15)11(3)16/h7-13,17H,5-6,16H2,1-4H3. The van der Waals surface area contributed by atoms with Crippen molar-refractivity contribution in [3.8, 4) is 0 Å². The maximum Gasteiger partial charge on any atom is 0.240 e. The van der Waals surface area contributed by atoms with Crippen LogP contribution in [0.1, 0.15) is 52.1 Å². The monoisotopic (exact) mass is 298 g/mol. The number of rotatable bonds is 7. The summed E-state index contributed by atoms with van der Waals surface area (Å²) >= 11 is 0. The van der Waals surface area contributed by atoms with Crippen molar-refractivity contribution in [3.63, 3.8) is 0 Å². The van der Waals surface area contributed by atoms with Gasteiger partial charge in [-0.3, -0.25) is 0 Å². The highest BCUT2D eigenvalue weighted by molar-refractivity contribution is 7.89. The molecule has 2 unspecified atom stereocenters. The Bertz CT molecular complexity index is 505. The van der Waals surface area contributed by atoms with Gasteiger partial charge in [0.05, 0.1) is 4.90 Å². The second kappa shape index (κ2) is 7.20. The molecule has 0 saturated carbocycles. The van der Waals surface area contributed by atoms with Crippen molar-refractivity contribution in [1.29, 1.82) is 0 Å². The summed E-state index contributed by atoms with van der Waals surface area (Å²) in [6.45, 7) is 7.95. The number of hydrogen-bond acceptors (Lipinski definition) is 3. The van der Waals surface area contributed by atoms with Gasteiger partial charge in [0.1, 0.15) is 0 Å². The van der Waals surface area contributed by atoms with Gasteiger partial charge in [0, 0.05) is 12.1 Å². The Hall–Kier alpha value is -0.910. The van der Waals surface area contributed by atoms with E-state index in [1.54, 1.807) is 24.3 Å². The Labute approximate surface area is 122 Å². The van der Waals surface area contributed by atoms with Crippen LogP contribution in [0.2, 0.25) is 0 Å². The SMILES string of the molecule is CCC(CC)C(C)NS(=O)(=O)c1ccc(C(C)N)cc1. The van der Waals surface area contributed by atoms with Crippen LogP contribution in [0.3, 0.4) is 0 Å². The van der Waals surface area contributed by atoms with E-state index >= 15 is 0 Å². The average Bonchev–Trinajstić information content (AvgIpc) is 2.39. The van der Waals surface area contributed by atoms with E-state index in [9.17, 15) is 8.42 Å². The molecule has 1 rings (SSSR count). The van der Waals surface area contributed by atoms with E-state index in [4.69, 9.17) is 5.73 Å². The number of nitrogens with two attached hydrogens (primary N) is 1. The number of sulfonamides is 1. The van der Waals surface area contributed by atoms with Crippen LogP contribution in [0.4, 0.5) is 0 Å². The minimum Gasteiger partial charge on any atom is -0.324 e. The fourth-order valence-electron chi connectivity index (χ4n) is 2.36. The Morgan fingerprint density at radius 3 is 2.00 bits per heavy atom. The fourth-order valence-corrected chi connectivity index (χ4v) is 3.67. The van der Waals surface area contributed by atoms with Gasteiger partial charge in [0.2, 0.25) is 10.0 Å². The molecule has 1 aromatic rings. The second-order valence-corrected chi connectivity index (χ2v) is 7.06. The number of hydrogen-bond donors (Lipinski definition) is 2. The zero-order valence-corrected chi connectivity index (χ0v) is 13.6. The molecule has 0 aliphatic rings. The van der Waals surface area contributed by atoms with E-state index in [1.807, 2.05) is 13.8 Å². The van der Waals surface area contributed by atoms with Crippen molar-refractivity contribution < 1.29 is 8.42 Å². The highest BCUT2D eigenvalue weighted by atomic mass is 32.2. The van der Waals surface area contributed by atoms with Gasteiger partial charge in [0.25, 0.3) is 0 Å². The summed E-state index contributed by atoms with van der Waals surface area (Å²) in [4.78, 5) is 0.291. The van der Waals surface area contributed by atoms with Crippen LogP contribution in [0.5, 0.6) is 0 Å². The third-order valence-corrected chi connectivity index (χ3v) is 5.39. The van der Waals surface area contributed by atoms with Crippen molar-refractivity contribution in [1.82, 2.24) is 4.72 Å². The fraction of sp³-hybridized carbons (Fsp3) is 0.600. The van der Waals surface area contributed by atoms with Gasteiger partial charge in [-0.15, -0.1) is 0 Å². The van der Waals surface area contributed by atoms with E-state index < -0.39 is 10.0 Å². The summed E-state index contributed by atoms with van der Waals surface area (Å²) in [6.07, 6.45) is 1.92. The van der Waals surface area contributed by atoms with Crippen LogP contribution < -0.4 is 10.5 Å². The molecular weight excluding hydrogens is 272 g/mol.